The van der Waals surface area contributed by atoms with Crippen molar-refractivity contribution >= 4 is 23.9 Å². The fraction of sp³-hybridized carbons (Fsp3) is 0.447. The van der Waals surface area contributed by atoms with Crippen LogP contribution in [0.15, 0.2) is 60.9 Å². The number of H-pyrrole nitrogens is 2. The van der Waals surface area contributed by atoms with Crippen LogP contribution in [0.4, 0.5) is 10.7 Å². The molecule has 3 N–H and O–H groups in total. The molecule has 0 spiro atoms. The van der Waals surface area contributed by atoms with Gasteiger partial charge in [0.1, 0.15) is 17.9 Å². The Labute approximate surface area is 293 Å². The maximum Gasteiger partial charge on any atom is 0.407 e. The molecule has 2 aromatic carbocycles. The number of nitrogens with one attached hydrogen (secondary N) is 3. The summed E-state index contributed by atoms with van der Waals surface area (Å²) in [5.74, 6) is 1.44. The number of likely N-dealkylation sites (tertiary alicyclic amines) is 1. The second-order valence-electron chi connectivity index (χ2n) is 13.4. The van der Waals surface area contributed by atoms with Crippen molar-refractivity contribution in [2.45, 2.75) is 71.5 Å². The average molecular weight is 681 g/mol. The monoisotopic (exact) mass is 680 g/mol. The maximum absolute atomic E-state index is 13.5. The number of ether oxygens (including phenoxy) is 1. The van der Waals surface area contributed by atoms with E-state index in [0.29, 0.717) is 19.6 Å². The molecule has 4 heterocycles. The van der Waals surface area contributed by atoms with Crippen molar-refractivity contribution in [3.05, 3.63) is 66.7 Å². The third-order valence-corrected chi connectivity index (χ3v) is 10.0. The van der Waals surface area contributed by atoms with Gasteiger partial charge in [0.15, 0.2) is 0 Å². The van der Waals surface area contributed by atoms with E-state index in [-0.39, 0.29) is 29.8 Å². The zero-order valence-corrected chi connectivity index (χ0v) is 29.6. The normalized spacial score (nSPS) is 18.0. The predicted molar refractivity (Wildman–Crippen MR) is 193 cm³/mol. The number of hydrogen-bond donors (Lipinski definition) is 3. The first-order chi connectivity index (χ1) is 24.2. The molecule has 3 atom stereocenters. The minimum atomic E-state index is -0.673. The van der Waals surface area contributed by atoms with Gasteiger partial charge in [-0.1, -0.05) is 62.4 Å². The lowest BCUT2D eigenvalue weighted by atomic mass is 10.0. The Balaban J connectivity index is 1.11. The van der Waals surface area contributed by atoms with E-state index in [1.165, 1.54) is 7.11 Å². The minimum absolute atomic E-state index is 0.0911. The van der Waals surface area contributed by atoms with E-state index in [9.17, 15) is 14.4 Å². The van der Waals surface area contributed by atoms with E-state index in [2.05, 4.69) is 78.7 Å². The number of anilines is 1. The van der Waals surface area contributed by atoms with Gasteiger partial charge >= 0.3 is 6.09 Å². The number of benzene rings is 2. The Hall–Kier alpha value is -5.13. The quantitative estimate of drug-likeness (QED) is 0.176. The molecule has 12 nitrogen and oxygen atoms in total. The second-order valence-corrected chi connectivity index (χ2v) is 13.4. The van der Waals surface area contributed by atoms with Gasteiger partial charge < -0.3 is 34.7 Å². The largest absolute Gasteiger partial charge is 0.453 e. The van der Waals surface area contributed by atoms with Gasteiger partial charge in [0, 0.05) is 26.2 Å². The zero-order chi connectivity index (χ0) is 35.4. The van der Waals surface area contributed by atoms with Gasteiger partial charge in [-0.05, 0) is 67.7 Å². The smallest absolute Gasteiger partial charge is 0.407 e. The molecule has 3 amide bonds. The number of carbonyl (C=O) groups excluding carboxylic acids is 3. The molecule has 2 aromatic heterocycles. The van der Waals surface area contributed by atoms with Crippen LogP contribution < -0.4 is 10.2 Å². The Kier molecular flexibility index (Phi) is 10.5. The molecule has 264 valence electrons. The fourth-order valence-electron chi connectivity index (χ4n) is 7.16. The maximum atomic E-state index is 13.5. The van der Waals surface area contributed by atoms with Crippen molar-refractivity contribution in [1.29, 1.82) is 0 Å². The fourth-order valence-corrected chi connectivity index (χ4v) is 7.16. The van der Waals surface area contributed by atoms with Gasteiger partial charge in [-0.3, -0.25) is 9.59 Å². The molecule has 2 aliphatic heterocycles. The van der Waals surface area contributed by atoms with Crippen molar-refractivity contribution in [2.24, 2.45) is 5.92 Å². The highest BCUT2D eigenvalue weighted by Gasteiger charge is 2.38. The molecule has 0 saturated carbocycles. The van der Waals surface area contributed by atoms with Crippen LogP contribution in [0.3, 0.4) is 0 Å². The van der Waals surface area contributed by atoms with Crippen molar-refractivity contribution < 1.29 is 19.1 Å². The van der Waals surface area contributed by atoms with Crippen LogP contribution in [-0.2, 0) is 14.3 Å². The van der Waals surface area contributed by atoms with Crippen LogP contribution in [0.2, 0.25) is 0 Å². The van der Waals surface area contributed by atoms with E-state index < -0.39 is 12.1 Å². The van der Waals surface area contributed by atoms with Crippen LogP contribution in [0.25, 0.3) is 33.6 Å². The molecule has 0 aliphatic carbocycles. The summed E-state index contributed by atoms with van der Waals surface area (Å²) < 4.78 is 4.75. The zero-order valence-electron chi connectivity index (χ0n) is 29.6. The molecule has 12 heteroatoms. The summed E-state index contributed by atoms with van der Waals surface area (Å²) in [5, 5.41) is 2.70. The predicted octanol–water partition coefficient (Wildman–Crippen LogP) is 6.02. The van der Waals surface area contributed by atoms with Crippen LogP contribution in [-0.4, -0.2) is 93.0 Å². The van der Waals surface area contributed by atoms with Gasteiger partial charge in [-0.25, -0.2) is 14.8 Å². The van der Waals surface area contributed by atoms with E-state index in [1.54, 1.807) is 0 Å². The number of nitrogens with zero attached hydrogens (tertiary/aromatic N) is 5. The Morgan fingerprint density at radius 1 is 0.860 bits per heavy atom. The molecule has 4 aromatic rings. The Bertz CT molecular complexity index is 1780. The number of carbonyl (C=O) groups is 3. The number of hydrogen-bond acceptors (Lipinski definition) is 7. The van der Waals surface area contributed by atoms with E-state index in [1.807, 2.05) is 49.9 Å². The molecule has 2 saturated heterocycles. The Morgan fingerprint density at radius 3 is 2.04 bits per heavy atom. The number of aromatic nitrogens is 4. The molecular weight excluding hydrogens is 632 g/mol. The van der Waals surface area contributed by atoms with Gasteiger partial charge in [-0.15, -0.1) is 0 Å². The lowest BCUT2D eigenvalue weighted by molar-refractivity contribution is -0.135. The number of rotatable bonds is 11. The van der Waals surface area contributed by atoms with Crippen LogP contribution in [0.5, 0.6) is 0 Å². The summed E-state index contributed by atoms with van der Waals surface area (Å²) >= 11 is 0. The summed E-state index contributed by atoms with van der Waals surface area (Å²) in [6, 6.07) is 15.7. The lowest BCUT2D eigenvalue weighted by Gasteiger charge is -2.30. The topological polar surface area (TPSA) is 140 Å². The van der Waals surface area contributed by atoms with E-state index in [0.717, 1.165) is 77.6 Å². The van der Waals surface area contributed by atoms with Crippen molar-refractivity contribution in [3.8, 4) is 33.6 Å². The molecule has 3 unspecified atom stereocenters. The number of alkyl carbamates (subject to hydrolysis) is 1. The van der Waals surface area contributed by atoms with E-state index in [4.69, 9.17) is 4.74 Å². The van der Waals surface area contributed by atoms with Crippen LogP contribution >= 0.6 is 0 Å². The minimum Gasteiger partial charge on any atom is -0.453 e. The second kappa shape index (κ2) is 15.2. The first-order valence-electron chi connectivity index (χ1n) is 17.7. The van der Waals surface area contributed by atoms with Gasteiger partial charge in [0.25, 0.3) is 0 Å². The highest BCUT2D eigenvalue weighted by Crippen LogP contribution is 2.34. The summed E-state index contributed by atoms with van der Waals surface area (Å²) in [7, 11) is 1.30. The SMILES string of the molecule is CCN(CC)C(=O)C1CCCN1c1ncc(-c2ccc(-c3ccc(-c4cnc(C5CCCN5C(=O)C(NC(=O)OC)C(C)C)[nH]4)cc3)cc2)[nH]1. The summed E-state index contributed by atoms with van der Waals surface area (Å²) in [5.41, 5.74) is 6.00. The van der Waals surface area contributed by atoms with Crippen molar-refractivity contribution in [1.82, 2.24) is 35.1 Å². The lowest BCUT2D eigenvalue weighted by Crippen LogP contribution is -2.51. The highest BCUT2D eigenvalue weighted by atomic mass is 16.5. The first-order valence-corrected chi connectivity index (χ1v) is 17.7. The van der Waals surface area contributed by atoms with Gasteiger partial charge in [-0.2, -0.15) is 0 Å². The number of aromatic amines is 2. The van der Waals surface area contributed by atoms with Crippen molar-refractivity contribution in [2.75, 3.05) is 38.2 Å². The van der Waals surface area contributed by atoms with E-state index >= 15 is 0 Å². The highest BCUT2D eigenvalue weighted by molar-refractivity contribution is 5.87. The molecular formula is C38H48N8O4. The van der Waals surface area contributed by atoms with Gasteiger partial charge in [0.05, 0.1) is 36.9 Å². The summed E-state index contributed by atoms with van der Waals surface area (Å²) in [6.07, 6.45) is 6.52. The standard InChI is InChI=1S/C38H48N8O4/c1-6-44(7-2)35(47)32-11-9-21-46(32)37-40-23-30(42-37)28-18-14-26(15-19-28)25-12-16-27(17-13-25)29-22-39-34(41-29)31-10-8-20-45(31)36(48)33(24(3)4)43-38(49)50-5/h12-19,22-24,31-33H,6-11,20-21H2,1-5H3,(H,39,41)(H,40,42)(H,43,49). The molecule has 50 heavy (non-hydrogen) atoms. The molecule has 6 rings (SSSR count). The molecule has 0 bridgehead atoms. The summed E-state index contributed by atoms with van der Waals surface area (Å²) in [4.78, 5) is 60.6. The number of imidazole rings is 2. The first kappa shape index (κ1) is 34.7. The molecule has 2 aliphatic rings. The van der Waals surface area contributed by atoms with Crippen LogP contribution in [0.1, 0.15) is 65.2 Å². The third-order valence-electron chi connectivity index (χ3n) is 10.0. The van der Waals surface area contributed by atoms with Crippen molar-refractivity contribution in [3.63, 3.8) is 0 Å². The molecule has 0 radical (unpaired) electrons. The third kappa shape index (κ3) is 7.10. The number of likely N-dealkylation sites (N-methyl/N-ethyl adjacent to an activating group) is 1. The van der Waals surface area contributed by atoms with Crippen LogP contribution in [0, 0.1) is 5.92 Å². The Morgan fingerprint density at radius 2 is 1.44 bits per heavy atom. The summed E-state index contributed by atoms with van der Waals surface area (Å²) in [6.45, 7) is 10.7. The average Bonchev–Trinajstić information content (AvgIpc) is 3.97. The number of amides is 3. The van der Waals surface area contributed by atoms with Gasteiger partial charge in [0.2, 0.25) is 17.8 Å². The molecule has 2 fully saturated rings. The number of methoxy groups -OCH3 is 1.